The monoisotopic (exact) mass is 309 g/mol. The lowest BCUT2D eigenvalue weighted by Crippen LogP contribution is -2.34. The molecule has 0 spiro atoms. The Balaban J connectivity index is 2.04. The first-order valence-electron chi connectivity index (χ1n) is 7.13. The molecule has 6 heteroatoms. The van der Waals surface area contributed by atoms with Crippen molar-refractivity contribution in [1.82, 2.24) is 14.5 Å². The zero-order valence-electron chi connectivity index (χ0n) is 11.9. The third kappa shape index (κ3) is 2.50. The molecular weight excluding hydrogens is 293 g/mol. The molecule has 0 saturated carbocycles. The van der Waals surface area contributed by atoms with Crippen molar-refractivity contribution in [3.05, 3.63) is 29.8 Å². The topological polar surface area (TPSA) is 38.1 Å². The standard InChI is InChI=1S/C15H17ClFN3O/c1-10(15(21)19-6-2-3-7-19)20-13-8-11(17)4-5-12(13)18-14(20)9-16/h4-5,8,10H,2-3,6-7,9H2,1H3. The predicted molar refractivity (Wildman–Crippen MR) is 79.8 cm³/mol. The lowest BCUT2D eigenvalue weighted by Gasteiger charge is -2.23. The number of likely N-dealkylation sites (tertiary alicyclic amines) is 1. The van der Waals surface area contributed by atoms with E-state index in [1.807, 2.05) is 11.8 Å². The molecular formula is C15H17ClFN3O. The number of fused-ring (bicyclic) bond motifs is 1. The first-order chi connectivity index (χ1) is 10.1. The Morgan fingerprint density at radius 3 is 2.81 bits per heavy atom. The first kappa shape index (κ1) is 14.3. The number of aromatic nitrogens is 2. The van der Waals surface area contributed by atoms with E-state index in [4.69, 9.17) is 11.6 Å². The van der Waals surface area contributed by atoms with Crippen LogP contribution in [0.2, 0.25) is 0 Å². The molecule has 0 aliphatic carbocycles. The van der Waals surface area contributed by atoms with Crippen molar-refractivity contribution < 1.29 is 9.18 Å². The van der Waals surface area contributed by atoms with Crippen LogP contribution in [-0.2, 0) is 10.7 Å². The maximum absolute atomic E-state index is 13.5. The van der Waals surface area contributed by atoms with Crippen molar-refractivity contribution in [2.24, 2.45) is 0 Å². The van der Waals surface area contributed by atoms with Crippen molar-refractivity contribution in [1.29, 1.82) is 0 Å². The number of imidazole rings is 1. The Morgan fingerprint density at radius 1 is 1.43 bits per heavy atom. The van der Waals surface area contributed by atoms with Gasteiger partial charge in [0.25, 0.3) is 0 Å². The summed E-state index contributed by atoms with van der Waals surface area (Å²) in [4.78, 5) is 18.8. The number of halogens is 2. The molecule has 1 atom stereocenters. The Bertz CT molecular complexity index is 679. The minimum Gasteiger partial charge on any atom is -0.341 e. The molecule has 1 aromatic carbocycles. The lowest BCUT2D eigenvalue weighted by molar-refractivity contribution is -0.133. The first-order valence-corrected chi connectivity index (χ1v) is 7.66. The third-order valence-corrected chi connectivity index (χ3v) is 4.25. The molecule has 2 heterocycles. The number of amides is 1. The summed E-state index contributed by atoms with van der Waals surface area (Å²) in [6, 6.07) is 3.96. The average molecular weight is 310 g/mol. The highest BCUT2D eigenvalue weighted by atomic mass is 35.5. The summed E-state index contributed by atoms with van der Waals surface area (Å²) in [6.07, 6.45) is 2.08. The molecule has 21 heavy (non-hydrogen) atoms. The van der Waals surface area contributed by atoms with Crippen molar-refractivity contribution in [2.45, 2.75) is 31.7 Å². The van der Waals surface area contributed by atoms with E-state index in [1.165, 1.54) is 12.1 Å². The van der Waals surface area contributed by atoms with Crippen LogP contribution < -0.4 is 0 Å². The molecule has 3 rings (SSSR count). The smallest absolute Gasteiger partial charge is 0.245 e. The van der Waals surface area contributed by atoms with Crippen LogP contribution in [0.15, 0.2) is 18.2 Å². The quantitative estimate of drug-likeness (QED) is 0.817. The number of carbonyl (C=O) groups excluding carboxylic acids is 1. The normalized spacial score (nSPS) is 16.6. The zero-order chi connectivity index (χ0) is 15.0. The Labute approximate surface area is 127 Å². The van der Waals surface area contributed by atoms with E-state index in [2.05, 4.69) is 4.98 Å². The van der Waals surface area contributed by atoms with Gasteiger partial charge in [0.05, 0.1) is 16.9 Å². The van der Waals surface area contributed by atoms with E-state index >= 15 is 0 Å². The van der Waals surface area contributed by atoms with Gasteiger partial charge in [-0.3, -0.25) is 4.79 Å². The lowest BCUT2D eigenvalue weighted by atomic mass is 10.2. The van der Waals surface area contributed by atoms with Crippen molar-refractivity contribution >= 4 is 28.5 Å². The maximum Gasteiger partial charge on any atom is 0.245 e. The Hall–Kier alpha value is -1.62. The van der Waals surface area contributed by atoms with Gasteiger partial charge in [-0.15, -0.1) is 11.6 Å². The van der Waals surface area contributed by atoms with E-state index in [-0.39, 0.29) is 17.6 Å². The van der Waals surface area contributed by atoms with Crippen LogP contribution in [-0.4, -0.2) is 33.4 Å². The van der Waals surface area contributed by atoms with Gasteiger partial charge >= 0.3 is 0 Å². The highest BCUT2D eigenvalue weighted by Gasteiger charge is 2.27. The minimum atomic E-state index is -0.427. The molecule has 1 aliphatic rings. The Morgan fingerprint density at radius 2 is 2.14 bits per heavy atom. The summed E-state index contributed by atoms with van der Waals surface area (Å²) >= 11 is 5.95. The van der Waals surface area contributed by atoms with Gasteiger partial charge in [-0.2, -0.15) is 0 Å². The molecule has 112 valence electrons. The van der Waals surface area contributed by atoms with E-state index in [0.29, 0.717) is 16.9 Å². The molecule has 1 unspecified atom stereocenters. The molecule has 1 fully saturated rings. The van der Waals surface area contributed by atoms with Gasteiger partial charge in [0.15, 0.2) is 0 Å². The van der Waals surface area contributed by atoms with Gasteiger partial charge in [-0.05, 0) is 38.0 Å². The largest absolute Gasteiger partial charge is 0.341 e. The van der Waals surface area contributed by atoms with Crippen LogP contribution in [0.5, 0.6) is 0 Å². The molecule has 0 N–H and O–H groups in total. The van der Waals surface area contributed by atoms with Gasteiger partial charge in [-0.1, -0.05) is 0 Å². The summed E-state index contributed by atoms with van der Waals surface area (Å²) in [7, 11) is 0. The SMILES string of the molecule is CC(C(=O)N1CCCC1)n1c(CCl)nc2ccc(F)cc21. The molecule has 1 aromatic heterocycles. The fraction of sp³-hybridized carbons (Fsp3) is 0.467. The Kier molecular flexibility index (Phi) is 3.85. The summed E-state index contributed by atoms with van der Waals surface area (Å²) in [5.74, 6) is 0.485. The minimum absolute atomic E-state index is 0.0439. The summed E-state index contributed by atoms with van der Waals surface area (Å²) < 4.78 is 15.3. The molecule has 1 amide bonds. The van der Waals surface area contributed by atoms with Gasteiger partial charge < -0.3 is 9.47 Å². The van der Waals surface area contributed by atoms with Gasteiger partial charge in [0, 0.05) is 13.1 Å². The van der Waals surface area contributed by atoms with Crippen LogP contribution in [0.3, 0.4) is 0 Å². The second-order valence-electron chi connectivity index (χ2n) is 5.37. The van der Waals surface area contributed by atoms with E-state index in [0.717, 1.165) is 25.9 Å². The fourth-order valence-electron chi connectivity index (χ4n) is 2.95. The number of benzene rings is 1. The predicted octanol–water partition coefficient (Wildman–Crippen LogP) is 3.10. The van der Waals surface area contributed by atoms with Crippen LogP contribution >= 0.6 is 11.6 Å². The van der Waals surface area contributed by atoms with Crippen LogP contribution in [0.4, 0.5) is 4.39 Å². The van der Waals surface area contributed by atoms with Crippen molar-refractivity contribution in [2.75, 3.05) is 13.1 Å². The highest BCUT2D eigenvalue weighted by molar-refractivity contribution is 6.17. The van der Waals surface area contributed by atoms with E-state index < -0.39 is 6.04 Å². The molecule has 2 aromatic rings. The number of hydrogen-bond acceptors (Lipinski definition) is 2. The molecule has 1 aliphatic heterocycles. The van der Waals surface area contributed by atoms with E-state index in [1.54, 1.807) is 10.6 Å². The number of nitrogens with zero attached hydrogens (tertiary/aromatic N) is 3. The van der Waals surface area contributed by atoms with E-state index in [9.17, 15) is 9.18 Å². The molecule has 0 bridgehead atoms. The van der Waals surface area contributed by atoms with Gasteiger partial charge in [0.1, 0.15) is 17.7 Å². The number of hydrogen-bond donors (Lipinski definition) is 0. The van der Waals surface area contributed by atoms with Crippen LogP contribution in [0, 0.1) is 5.82 Å². The van der Waals surface area contributed by atoms with Crippen LogP contribution in [0.25, 0.3) is 11.0 Å². The van der Waals surface area contributed by atoms with Crippen LogP contribution in [0.1, 0.15) is 31.6 Å². The fourth-order valence-corrected chi connectivity index (χ4v) is 3.14. The molecule has 4 nitrogen and oxygen atoms in total. The van der Waals surface area contributed by atoms with Crippen molar-refractivity contribution in [3.8, 4) is 0 Å². The highest BCUT2D eigenvalue weighted by Crippen LogP contribution is 2.25. The van der Waals surface area contributed by atoms with Gasteiger partial charge in [0.2, 0.25) is 5.91 Å². The number of alkyl halides is 1. The second kappa shape index (κ2) is 5.64. The summed E-state index contributed by atoms with van der Waals surface area (Å²) in [5.41, 5.74) is 1.28. The second-order valence-corrected chi connectivity index (χ2v) is 5.64. The summed E-state index contributed by atoms with van der Waals surface area (Å²) in [6.45, 7) is 3.41. The third-order valence-electron chi connectivity index (χ3n) is 4.01. The average Bonchev–Trinajstić information content (AvgIpc) is 3.12. The maximum atomic E-state index is 13.5. The molecule has 1 saturated heterocycles. The number of carbonyl (C=O) groups is 1. The van der Waals surface area contributed by atoms with Gasteiger partial charge in [-0.25, -0.2) is 9.37 Å². The summed E-state index contributed by atoms with van der Waals surface area (Å²) in [5, 5.41) is 0. The molecule has 0 radical (unpaired) electrons. The number of rotatable bonds is 3. The van der Waals surface area contributed by atoms with Crippen molar-refractivity contribution in [3.63, 3.8) is 0 Å². The zero-order valence-corrected chi connectivity index (χ0v) is 12.6.